The van der Waals surface area contributed by atoms with Crippen LogP contribution < -0.4 is 0 Å². The smallest absolute Gasteiger partial charge is 0.157 e. The second-order valence-corrected chi connectivity index (χ2v) is 6.88. The van der Waals surface area contributed by atoms with Gasteiger partial charge in [-0.3, -0.25) is 0 Å². The Morgan fingerprint density at radius 3 is 3.00 bits per heavy atom. The lowest BCUT2D eigenvalue weighted by Crippen LogP contribution is -2.05. The summed E-state index contributed by atoms with van der Waals surface area (Å²) in [6.07, 6.45) is 2.32. The third kappa shape index (κ3) is 2.02. The highest BCUT2D eigenvalue weighted by Gasteiger charge is 2.31. The Bertz CT molecular complexity index is 680. The summed E-state index contributed by atoms with van der Waals surface area (Å²) in [5, 5.41) is 4.88. The topological polar surface area (TPSA) is 64.3 Å². The monoisotopic (exact) mass is 271 g/mol. The van der Waals surface area contributed by atoms with Crippen LogP contribution in [0, 0.1) is 0 Å². The highest BCUT2D eigenvalue weighted by Crippen LogP contribution is 2.27. The van der Waals surface area contributed by atoms with Gasteiger partial charge < -0.3 is 0 Å². The van der Waals surface area contributed by atoms with E-state index in [0.717, 1.165) is 0 Å². The molecule has 0 radical (unpaired) electrons. The summed E-state index contributed by atoms with van der Waals surface area (Å²) in [6.45, 7) is 0. The van der Waals surface area contributed by atoms with Crippen LogP contribution in [0.3, 0.4) is 0 Å². The van der Waals surface area contributed by atoms with Crippen LogP contribution in [0.2, 0.25) is 5.02 Å². The maximum absolute atomic E-state index is 11.4. The van der Waals surface area contributed by atoms with Crippen LogP contribution in [0.25, 0.3) is 5.65 Å². The lowest BCUT2D eigenvalue weighted by atomic mass is 10.1. The normalized spacial score (nSPS) is 23.2. The van der Waals surface area contributed by atoms with Crippen molar-refractivity contribution >= 4 is 27.1 Å². The van der Waals surface area contributed by atoms with Gasteiger partial charge in [0.1, 0.15) is 0 Å². The fourth-order valence-corrected chi connectivity index (χ4v) is 3.94. The Labute approximate surface area is 103 Å². The van der Waals surface area contributed by atoms with Crippen molar-refractivity contribution in [1.29, 1.82) is 0 Å². The number of nitrogens with zero attached hydrogens (tertiary/aromatic N) is 3. The maximum atomic E-state index is 11.4. The van der Waals surface area contributed by atoms with E-state index in [-0.39, 0.29) is 17.4 Å². The Morgan fingerprint density at radius 1 is 1.47 bits per heavy atom. The molecule has 90 valence electrons. The fraction of sp³-hybridized carbons (Fsp3) is 0.400. The molecule has 0 N–H and O–H groups in total. The molecule has 1 saturated heterocycles. The third-order valence-corrected chi connectivity index (χ3v) is 4.92. The predicted octanol–water partition coefficient (Wildman–Crippen LogP) is 1.28. The second-order valence-electron chi connectivity index (χ2n) is 4.22. The summed E-state index contributed by atoms with van der Waals surface area (Å²) >= 11 is 5.86. The minimum Gasteiger partial charge on any atom is -0.229 e. The van der Waals surface area contributed by atoms with Crippen molar-refractivity contribution in [2.24, 2.45) is 0 Å². The van der Waals surface area contributed by atoms with E-state index in [1.165, 1.54) is 0 Å². The summed E-state index contributed by atoms with van der Waals surface area (Å²) in [5.41, 5.74) is 0.650. The van der Waals surface area contributed by atoms with Crippen molar-refractivity contribution in [3.05, 3.63) is 29.2 Å². The van der Waals surface area contributed by atoms with Gasteiger partial charge in [-0.1, -0.05) is 11.6 Å². The average Bonchev–Trinajstić information content (AvgIpc) is 2.80. The first-order chi connectivity index (χ1) is 8.03. The van der Waals surface area contributed by atoms with Crippen LogP contribution in [0.15, 0.2) is 18.3 Å². The van der Waals surface area contributed by atoms with E-state index in [1.54, 1.807) is 22.8 Å². The maximum Gasteiger partial charge on any atom is 0.157 e. The zero-order valence-electron chi connectivity index (χ0n) is 8.88. The minimum absolute atomic E-state index is 0.0846. The van der Waals surface area contributed by atoms with Crippen LogP contribution in [0.5, 0.6) is 0 Å². The Morgan fingerprint density at radius 2 is 2.29 bits per heavy atom. The molecule has 17 heavy (non-hydrogen) atoms. The van der Waals surface area contributed by atoms with Crippen LogP contribution in [0.1, 0.15) is 18.2 Å². The zero-order chi connectivity index (χ0) is 12.0. The average molecular weight is 272 g/mol. The molecule has 0 spiro atoms. The van der Waals surface area contributed by atoms with Gasteiger partial charge in [-0.05, 0) is 12.5 Å². The SMILES string of the molecule is O=S1(=O)CCC(c2nc3cc(Cl)ccn3n2)C1. The van der Waals surface area contributed by atoms with E-state index in [1.807, 2.05) is 0 Å². The molecular formula is C10H10ClN3O2S. The van der Waals surface area contributed by atoms with Gasteiger partial charge in [0.25, 0.3) is 0 Å². The standard InChI is InChI=1S/C10H10ClN3O2S/c11-8-1-3-14-9(5-8)12-10(13-14)7-2-4-17(15,16)6-7/h1,3,5,7H,2,4,6H2. The molecule has 0 aromatic carbocycles. The molecule has 1 atom stereocenters. The van der Waals surface area contributed by atoms with Gasteiger partial charge in [0.2, 0.25) is 0 Å². The molecular weight excluding hydrogens is 262 g/mol. The molecule has 2 aromatic rings. The molecule has 7 heteroatoms. The molecule has 1 unspecified atom stereocenters. The highest BCUT2D eigenvalue weighted by atomic mass is 35.5. The molecule has 5 nitrogen and oxygen atoms in total. The number of hydrogen-bond donors (Lipinski definition) is 0. The lowest BCUT2D eigenvalue weighted by molar-refractivity contribution is 0.601. The zero-order valence-corrected chi connectivity index (χ0v) is 10.4. The van der Waals surface area contributed by atoms with Crippen molar-refractivity contribution in [2.45, 2.75) is 12.3 Å². The number of fused-ring (bicyclic) bond motifs is 1. The second kappa shape index (κ2) is 3.68. The van der Waals surface area contributed by atoms with E-state index < -0.39 is 9.84 Å². The molecule has 0 aliphatic carbocycles. The number of rotatable bonds is 1. The van der Waals surface area contributed by atoms with Crippen LogP contribution in [-0.4, -0.2) is 34.5 Å². The first kappa shape index (κ1) is 11.0. The van der Waals surface area contributed by atoms with Crippen molar-refractivity contribution in [1.82, 2.24) is 14.6 Å². The highest BCUT2D eigenvalue weighted by molar-refractivity contribution is 7.91. The van der Waals surface area contributed by atoms with Gasteiger partial charge >= 0.3 is 0 Å². The Kier molecular flexibility index (Phi) is 2.38. The van der Waals surface area contributed by atoms with Crippen LogP contribution >= 0.6 is 11.6 Å². The number of halogens is 1. The molecule has 0 saturated carbocycles. The summed E-state index contributed by atoms with van der Waals surface area (Å²) < 4.78 is 24.4. The number of sulfone groups is 1. The van der Waals surface area contributed by atoms with E-state index in [0.29, 0.717) is 22.9 Å². The van der Waals surface area contributed by atoms with E-state index in [2.05, 4.69) is 10.1 Å². The molecule has 3 rings (SSSR count). The van der Waals surface area contributed by atoms with Gasteiger partial charge in [0, 0.05) is 23.2 Å². The number of hydrogen-bond acceptors (Lipinski definition) is 4. The van der Waals surface area contributed by atoms with E-state index in [9.17, 15) is 8.42 Å². The summed E-state index contributed by atoms with van der Waals surface area (Å²) in [5.74, 6) is 0.887. The third-order valence-electron chi connectivity index (χ3n) is 2.91. The molecule has 0 bridgehead atoms. The molecule has 1 fully saturated rings. The lowest BCUT2D eigenvalue weighted by Gasteiger charge is -1.98. The minimum atomic E-state index is -2.90. The summed E-state index contributed by atoms with van der Waals surface area (Å²) in [4.78, 5) is 4.32. The molecule has 0 amide bonds. The van der Waals surface area contributed by atoms with Crippen LogP contribution in [0.4, 0.5) is 0 Å². The molecule has 1 aliphatic rings. The first-order valence-electron chi connectivity index (χ1n) is 5.26. The fourth-order valence-electron chi connectivity index (χ4n) is 2.05. The number of pyridine rings is 1. The number of aromatic nitrogens is 3. The van der Waals surface area contributed by atoms with E-state index >= 15 is 0 Å². The van der Waals surface area contributed by atoms with Gasteiger partial charge in [0.05, 0.1) is 11.5 Å². The van der Waals surface area contributed by atoms with Crippen molar-refractivity contribution in [2.75, 3.05) is 11.5 Å². The largest absolute Gasteiger partial charge is 0.229 e. The Hall–Kier alpha value is -1.14. The van der Waals surface area contributed by atoms with Crippen LogP contribution in [-0.2, 0) is 9.84 Å². The van der Waals surface area contributed by atoms with Gasteiger partial charge in [-0.25, -0.2) is 17.9 Å². The van der Waals surface area contributed by atoms with Crippen molar-refractivity contribution in [3.63, 3.8) is 0 Å². The molecule has 1 aliphatic heterocycles. The van der Waals surface area contributed by atoms with Crippen molar-refractivity contribution < 1.29 is 8.42 Å². The van der Waals surface area contributed by atoms with E-state index in [4.69, 9.17) is 11.6 Å². The van der Waals surface area contributed by atoms with Gasteiger partial charge in [-0.2, -0.15) is 5.10 Å². The van der Waals surface area contributed by atoms with Crippen molar-refractivity contribution in [3.8, 4) is 0 Å². The summed E-state index contributed by atoms with van der Waals surface area (Å²) in [6, 6.07) is 3.43. The summed E-state index contributed by atoms with van der Waals surface area (Å²) in [7, 11) is -2.90. The quantitative estimate of drug-likeness (QED) is 0.784. The molecule has 2 aromatic heterocycles. The van der Waals surface area contributed by atoms with Gasteiger partial charge in [-0.15, -0.1) is 0 Å². The first-order valence-corrected chi connectivity index (χ1v) is 7.46. The molecule has 3 heterocycles. The Balaban J connectivity index is 2.02. The predicted molar refractivity (Wildman–Crippen MR) is 64.0 cm³/mol. The van der Waals surface area contributed by atoms with Gasteiger partial charge in [0.15, 0.2) is 21.3 Å².